The molecule has 1 heterocycles. The van der Waals surface area contributed by atoms with E-state index in [1.165, 1.54) is 6.42 Å². The Labute approximate surface area is 317 Å². The van der Waals surface area contributed by atoms with E-state index in [9.17, 15) is 34.2 Å². The quantitative estimate of drug-likeness (QED) is 0.105. The molecule has 3 unspecified atom stereocenters. The molecule has 6 rings (SSSR count). The molecule has 4 bridgehead atoms. The van der Waals surface area contributed by atoms with Gasteiger partial charge in [0.15, 0.2) is 5.60 Å². The summed E-state index contributed by atoms with van der Waals surface area (Å²) in [5, 5.41) is 23.1. The number of ether oxygens (including phenoxy) is 1. The van der Waals surface area contributed by atoms with Gasteiger partial charge in [-0.3, -0.25) is 0 Å². The van der Waals surface area contributed by atoms with Gasteiger partial charge in [0.05, 0.1) is 32.5 Å². The molecule has 198 valence electrons. The summed E-state index contributed by atoms with van der Waals surface area (Å²) in [6.07, 6.45) is 5.61. The van der Waals surface area contributed by atoms with Crippen LogP contribution in [-0.2, 0) is 33.2 Å². The van der Waals surface area contributed by atoms with Crippen LogP contribution in [0.25, 0.3) is 0 Å². The van der Waals surface area contributed by atoms with E-state index >= 15 is 0 Å². The molecule has 1 saturated heterocycles. The Bertz CT molecular complexity index is 892. The second kappa shape index (κ2) is 15.0. The number of hydrogen-bond donors (Lipinski definition) is 0. The molecule has 0 aromatic heterocycles. The van der Waals surface area contributed by atoms with Gasteiger partial charge >= 0.3 is 118 Å². The number of carboxylic acids is 2. The molecular weight excluding hydrogens is 575 g/mol. The number of hydrogen-bond acceptors (Lipinski definition) is 11. The minimum absolute atomic E-state index is 0. The summed E-state index contributed by atoms with van der Waals surface area (Å²) in [7, 11) is -5.19. The van der Waals surface area contributed by atoms with Gasteiger partial charge in [0, 0.05) is 11.3 Å². The molecule has 39 heavy (non-hydrogen) atoms. The minimum atomic E-state index is -5.19. The van der Waals surface area contributed by atoms with Gasteiger partial charge < -0.3 is 43.4 Å². The molecule has 0 aromatic carbocycles. The molecule has 6 aliphatic rings. The Kier molecular flexibility index (Phi) is 15.4. The van der Waals surface area contributed by atoms with Crippen molar-refractivity contribution >= 4 is 19.8 Å². The topological polar surface area (TPSA) is 180 Å². The predicted molar refractivity (Wildman–Crippen MR) is 108 cm³/mol. The maximum atomic E-state index is 11.5. The zero-order chi connectivity index (χ0) is 25.2. The first-order chi connectivity index (χ1) is 16.4. The average molecular weight is 606 g/mol. The Morgan fingerprint density at radius 3 is 1.85 bits per heavy atom. The number of phosphoric ester groups is 1. The van der Waals surface area contributed by atoms with Gasteiger partial charge in [0.25, 0.3) is 0 Å². The van der Waals surface area contributed by atoms with Crippen molar-refractivity contribution in [3.8, 4) is 0 Å². The van der Waals surface area contributed by atoms with E-state index in [0.29, 0.717) is 31.1 Å². The van der Waals surface area contributed by atoms with Crippen molar-refractivity contribution in [2.45, 2.75) is 88.6 Å². The van der Waals surface area contributed by atoms with E-state index < -0.39 is 49.1 Å². The first-order valence-corrected chi connectivity index (χ1v) is 14.0. The monoisotopic (exact) mass is 606 g/mol. The maximum Gasteiger partial charge on any atom is 1.00 e. The van der Waals surface area contributed by atoms with E-state index in [1.807, 2.05) is 0 Å². The molecule has 5 aliphatic carbocycles. The maximum absolute atomic E-state index is 11.5. The van der Waals surface area contributed by atoms with Gasteiger partial charge in [0.1, 0.15) is 0 Å². The molecule has 5 saturated carbocycles. The van der Waals surface area contributed by atoms with Crippen molar-refractivity contribution in [3.63, 3.8) is 0 Å². The van der Waals surface area contributed by atoms with Crippen LogP contribution in [-0.4, -0.2) is 36.0 Å². The van der Waals surface area contributed by atoms with Gasteiger partial charge in [-0.15, -0.1) is 0 Å². The second-order valence-electron chi connectivity index (χ2n) is 11.5. The van der Waals surface area contributed by atoms with Gasteiger partial charge in [-0.1, -0.05) is 6.42 Å². The largest absolute Gasteiger partial charge is 1.00 e. The Balaban J connectivity index is 0.00000190. The van der Waals surface area contributed by atoms with Gasteiger partial charge in [-0.2, -0.15) is 4.89 Å². The van der Waals surface area contributed by atoms with E-state index in [-0.39, 0.29) is 149 Å². The molecule has 0 radical (unpaired) electrons. The number of carboxylic acid groups (broad SMARTS) is 2. The number of phosphoric acid groups is 1. The van der Waals surface area contributed by atoms with Crippen molar-refractivity contribution in [1.29, 1.82) is 0 Å². The molecule has 6 fully saturated rings. The summed E-state index contributed by atoms with van der Waals surface area (Å²) in [6.45, 7) is 0.758. The van der Waals surface area contributed by atoms with Crippen LogP contribution in [0.1, 0.15) is 71.1 Å². The molecule has 0 N–H and O–H groups in total. The van der Waals surface area contributed by atoms with E-state index in [2.05, 4.69) is 0 Å². The molecule has 0 amide bonds. The number of aliphatic carboxylic acids is 2. The van der Waals surface area contributed by atoms with Crippen molar-refractivity contribution < 1.29 is 171 Å². The summed E-state index contributed by atoms with van der Waals surface area (Å²) < 4.78 is 22.4. The molecule has 16 heteroatoms. The van der Waals surface area contributed by atoms with Crippen LogP contribution >= 0.6 is 7.82 Å². The van der Waals surface area contributed by atoms with Gasteiger partial charge in [0.2, 0.25) is 5.79 Å². The third-order valence-electron chi connectivity index (χ3n) is 9.46. The zero-order valence-electron chi connectivity index (χ0n) is 23.7. The van der Waals surface area contributed by atoms with Crippen molar-refractivity contribution in [1.82, 2.24) is 0 Å². The van der Waals surface area contributed by atoms with Crippen LogP contribution in [0, 0.1) is 35.0 Å². The fraction of sp³-hybridized carbons (Fsp3) is 0.913. The SMILES string of the molecule is CC(CCOC1(C2CCCC(OP(=O)([O-])[O-])C2)OOC12C1CC3CC(C1)CC2C3)(C(=O)[O-])C(=O)[O-].[Na+].[Na+].[Na+].[Na+]. The fourth-order valence-electron chi connectivity index (χ4n) is 7.91. The van der Waals surface area contributed by atoms with E-state index in [1.54, 1.807) is 0 Å². The Hall–Kier alpha value is 2.93. The Morgan fingerprint density at radius 2 is 1.41 bits per heavy atom. The zero-order valence-corrected chi connectivity index (χ0v) is 32.6. The summed E-state index contributed by atoms with van der Waals surface area (Å²) in [4.78, 5) is 57.4. The second-order valence-corrected chi connectivity index (χ2v) is 12.6. The molecule has 1 aliphatic heterocycles. The first kappa shape index (κ1) is 40.0. The number of rotatable bonds is 9. The summed E-state index contributed by atoms with van der Waals surface area (Å²) in [5.41, 5.74) is -3.04. The van der Waals surface area contributed by atoms with Crippen LogP contribution in [0.3, 0.4) is 0 Å². The fourth-order valence-corrected chi connectivity index (χ4v) is 8.47. The molecule has 3 atom stereocenters. The molecule has 0 aromatic rings. The van der Waals surface area contributed by atoms with Crippen LogP contribution in [0.4, 0.5) is 0 Å². The smallest absolute Gasteiger partial charge is 0.790 e. The van der Waals surface area contributed by atoms with Crippen LogP contribution in [0.2, 0.25) is 0 Å². The summed E-state index contributed by atoms with van der Waals surface area (Å²) >= 11 is 0. The third kappa shape index (κ3) is 7.34. The normalized spacial score (nSPS) is 38.3. The number of carbonyl (C=O) groups excluding carboxylic acids is 2. The van der Waals surface area contributed by atoms with Gasteiger partial charge in [-0.05, 0) is 88.4 Å². The standard InChI is InChI=1S/C23H35O11P.4Na/c1-21(19(24)25,20(26)27)5-6-31-23(15-3-2-4-18(12-15)32-35(28,29)30)22(33-34-23)16-8-13-7-14(10-16)11-17(22)9-13;;;;/h13-18H,2-12H2,1H3,(H,24,25)(H,26,27)(H2,28,29,30);;;;/q;4*+1/p-4. The van der Waals surface area contributed by atoms with Crippen molar-refractivity contribution in [3.05, 3.63) is 0 Å². The number of carbonyl (C=O) groups is 2. The van der Waals surface area contributed by atoms with Gasteiger partial charge in [-0.25, -0.2) is 4.89 Å². The van der Waals surface area contributed by atoms with Crippen LogP contribution in [0.15, 0.2) is 0 Å². The molecule has 11 nitrogen and oxygen atoms in total. The minimum Gasteiger partial charge on any atom is -0.790 e. The predicted octanol–water partition coefficient (Wildman–Crippen LogP) is -12.8. The molecule has 1 spiro atoms. The van der Waals surface area contributed by atoms with E-state index in [0.717, 1.165) is 32.6 Å². The third-order valence-corrected chi connectivity index (χ3v) is 10.0. The Morgan fingerprint density at radius 1 is 0.872 bits per heavy atom. The summed E-state index contributed by atoms with van der Waals surface area (Å²) in [5.74, 6) is -3.68. The van der Waals surface area contributed by atoms with Crippen LogP contribution in [0.5, 0.6) is 0 Å². The van der Waals surface area contributed by atoms with Crippen LogP contribution < -0.4 is 138 Å². The van der Waals surface area contributed by atoms with E-state index in [4.69, 9.17) is 19.0 Å². The summed E-state index contributed by atoms with van der Waals surface area (Å²) in [6, 6.07) is 0. The van der Waals surface area contributed by atoms with Crippen molar-refractivity contribution in [2.75, 3.05) is 6.61 Å². The first-order valence-electron chi connectivity index (χ1n) is 12.5. The van der Waals surface area contributed by atoms with Crippen molar-refractivity contribution in [2.24, 2.45) is 35.0 Å². The molecular formula is C23H31Na4O11P. The average Bonchev–Trinajstić information content (AvgIpc) is 2.74.